The third-order valence-electron chi connectivity index (χ3n) is 3.22. The Kier molecular flexibility index (Phi) is 5.71. The highest BCUT2D eigenvalue weighted by Crippen LogP contribution is 2.18. The first-order valence-electron chi connectivity index (χ1n) is 6.59. The highest BCUT2D eigenvalue weighted by Gasteiger charge is 2.13. The van der Waals surface area contributed by atoms with Crippen LogP contribution in [0, 0.1) is 13.8 Å². The van der Waals surface area contributed by atoms with Crippen molar-refractivity contribution in [3.63, 3.8) is 0 Å². The Hall–Kier alpha value is -1.40. The van der Waals surface area contributed by atoms with Gasteiger partial charge < -0.3 is 4.90 Å². The van der Waals surface area contributed by atoms with E-state index in [2.05, 4.69) is 4.72 Å². The number of benzene rings is 1. The molecular weight excluding hydrogens is 276 g/mol. The molecule has 1 amide bonds. The molecule has 0 saturated carbocycles. The standard InChI is InChI=1S/C14H22N2O3S/c1-5-20(18,19)15-8-9-16(13(4)17)14-7-6-11(2)12(3)10-14/h6-7,10,15H,5,8-9H2,1-4H3. The Balaban J connectivity index is 2.80. The number of anilines is 1. The lowest BCUT2D eigenvalue weighted by molar-refractivity contribution is -0.116. The van der Waals surface area contributed by atoms with Crippen LogP contribution >= 0.6 is 0 Å². The van der Waals surface area contributed by atoms with E-state index in [-0.39, 0.29) is 18.2 Å². The summed E-state index contributed by atoms with van der Waals surface area (Å²) in [5.41, 5.74) is 3.04. The van der Waals surface area contributed by atoms with Gasteiger partial charge in [-0.05, 0) is 44.0 Å². The first-order valence-corrected chi connectivity index (χ1v) is 8.24. The fourth-order valence-electron chi connectivity index (χ4n) is 1.78. The van der Waals surface area contributed by atoms with Gasteiger partial charge in [-0.1, -0.05) is 6.07 Å². The maximum atomic E-state index is 11.7. The number of nitrogens with one attached hydrogen (secondary N) is 1. The van der Waals surface area contributed by atoms with Gasteiger partial charge >= 0.3 is 0 Å². The summed E-state index contributed by atoms with van der Waals surface area (Å²) >= 11 is 0. The number of carbonyl (C=O) groups excluding carboxylic acids is 1. The van der Waals surface area contributed by atoms with E-state index in [1.54, 1.807) is 11.8 Å². The lowest BCUT2D eigenvalue weighted by Crippen LogP contribution is -2.38. The SMILES string of the molecule is CCS(=O)(=O)NCCN(C(C)=O)c1ccc(C)c(C)c1. The molecule has 1 aromatic carbocycles. The van der Waals surface area contributed by atoms with E-state index in [9.17, 15) is 13.2 Å². The molecule has 0 bridgehead atoms. The zero-order chi connectivity index (χ0) is 15.3. The molecule has 1 rings (SSSR count). The zero-order valence-corrected chi connectivity index (χ0v) is 13.3. The zero-order valence-electron chi connectivity index (χ0n) is 12.4. The van der Waals surface area contributed by atoms with E-state index >= 15 is 0 Å². The first kappa shape index (κ1) is 16.7. The van der Waals surface area contributed by atoms with Crippen LogP contribution in [0.25, 0.3) is 0 Å². The number of sulfonamides is 1. The average Bonchev–Trinajstić information content (AvgIpc) is 2.38. The second-order valence-electron chi connectivity index (χ2n) is 4.74. The average molecular weight is 298 g/mol. The van der Waals surface area contributed by atoms with Gasteiger partial charge in [-0.3, -0.25) is 4.79 Å². The number of aryl methyl sites for hydroxylation is 2. The minimum Gasteiger partial charge on any atom is -0.311 e. The van der Waals surface area contributed by atoms with Crippen molar-refractivity contribution in [3.8, 4) is 0 Å². The molecule has 0 unspecified atom stereocenters. The van der Waals surface area contributed by atoms with Crippen molar-refractivity contribution in [3.05, 3.63) is 29.3 Å². The summed E-state index contributed by atoms with van der Waals surface area (Å²) < 4.78 is 25.2. The topological polar surface area (TPSA) is 66.5 Å². The first-order chi connectivity index (χ1) is 9.26. The van der Waals surface area contributed by atoms with Crippen molar-refractivity contribution >= 4 is 21.6 Å². The molecule has 0 saturated heterocycles. The number of rotatable bonds is 6. The van der Waals surface area contributed by atoms with Crippen LogP contribution in [0.3, 0.4) is 0 Å². The van der Waals surface area contributed by atoms with Crippen LogP contribution in [0.4, 0.5) is 5.69 Å². The van der Waals surface area contributed by atoms with Crippen molar-refractivity contribution in [2.75, 3.05) is 23.7 Å². The Morgan fingerprint density at radius 3 is 2.40 bits per heavy atom. The van der Waals surface area contributed by atoms with E-state index in [4.69, 9.17) is 0 Å². The molecule has 20 heavy (non-hydrogen) atoms. The lowest BCUT2D eigenvalue weighted by Gasteiger charge is -2.22. The summed E-state index contributed by atoms with van der Waals surface area (Å²) in [7, 11) is -3.23. The molecule has 0 radical (unpaired) electrons. The van der Waals surface area contributed by atoms with Crippen LogP contribution in [0.1, 0.15) is 25.0 Å². The number of nitrogens with zero attached hydrogens (tertiary/aromatic N) is 1. The number of carbonyl (C=O) groups is 1. The predicted molar refractivity (Wildman–Crippen MR) is 81.4 cm³/mol. The fourth-order valence-corrected chi connectivity index (χ4v) is 2.38. The van der Waals surface area contributed by atoms with Gasteiger partial charge in [0.1, 0.15) is 0 Å². The second-order valence-corrected chi connectivity index (χ2v) is 6.83. The van der Waals surface area contributed by atoms with Crippen LogP contribution in [-0.2, 0) is 14.8 Å². The van der Waals surface area contributed by atoms with Gasteiger partial charge in [0.05, 0.1) is 5.75 Å². The largest absolute Gasteiger partial charge is 0.311 e. The summed E-state index contributed by atoms with van der Waals surface area (Å²) in [6.07, 6.45) is 0. The molecule has 112 valence electrons. The van der Waals surface area contributed by atoms with Crippen molar-refractivity contribution in [1.29, 1.82) is 0 Å². The van der Waals surface area contributed by atoms with Crippen LogP contribution in [-0.4, -0.2) is 33.2 Å². The Labute approximate surface area is 121 Å². The molecule has 5 nitrogen and oxygen atoms in total. The van der Waals surface area contributed by atoms with E-state index in [1.165, 1.54) is 6.92 Å². The lowest BCUT2D eigenvalue weighted by atomic mass is 10.1. The van der Waals surface area contributed by atoms with Crippen molar-refractivity contribution in [2.45, 2.75) is 27.7 Å². The van der Waals surface area contributed by atoms with Gasteiger partial charge in [0.15, 0.2) is 0 Å². The maximum Gasteiger partial charge on any atom is 0.223 e. The van der Waals surface area contributed by atoms with Crippen LogP contribution in [0.5, 0.6) is 0 Å². The predicted octanol–water partition coefficient (Wildman–Crippen LogP) is 1.60. The summed E-state index contributed by atoms with van der Waals surface area (Å²) in [6.45, 7) is 7.57. The molecule has 0 heterocycles. The summed E-state index contributed by atoms with van der Waals surface area (Å²) in [5, 5.41) is 0. The summed E-state index contributed by atoms with van der Waals surface area (Å²) in [5.74, 6) is -0.0691. The highest BCUT2D eigenvalue weighted by molar-refractivity contribution is 7.89. The Morgan fingerprint density at radius 2 is 1.90 bits per heavy atom. The van der Waals surface area contributed by atoms with Gasteiger partial charge in [0, 0.05) is 25.7 Å². The molecule has 1 aromatic rings. The summed E-state index contributed by atoms with van der Waals surface area (Å²) in [4.78, 5) is 13.3. The molecule has 0 aliphatic heterocycles. The third kappa shape index (κ3) is 4.61. The fraction of sp³-hybridized carbons (Fsp3) is 0.500. The molecule has 0 aliphatic carbocycles. The molecule has 0 fully saturated rings. The van der Waals surface area contributed by atoms with Gasteiger partial charge in [0.2, 0.25) is 15.9 Å². The third-order valence-corrected chi connectivity index (χ3v) is 4.62. The molecule has 0 atom stereocenters. The quantitative estimate of drug-likeness (QED) is 0.867. The van der Waals surface area contributed by atoms with Gasteiger partial charge in [-0.25, -0.2) is 13.1 Å². The second kappa shape index (κ2) is 6.85. The smallest absolute Gasteiger partial charge is 0.223 e. The minimum absolute atomic E-state index is 0.0384. The van der Waals surface area contributed by atoms with Crippen molar-refractivity contribution < 1.29 is 13.2 Å². The normalized spacial score (nSPS) is 11.4. The molecular formula is C14H22N2O3S. The number of amides is 1. The molecule has 1 N–H and O–H groups in total. The van der Waals surface area contributed by atoms with Gasteiger partial charge in [0.25, 0.3) is 0 Å². The van der Waals surface area contributed by atoms with Crippen LogP contribution in [0.2, 0.25) is 0 Å². The Bertz CT molecular complexity index is 582. The Morgan fingerprint density at radius 1 is 1.25 bits per heavy atom. The molecule has 0 aromatic heterocycles. The van der Waals surface area contributed by atoms with Gasteiger partial charge in [-0.2, -0.15) is 0 Å². The van der Waals surface area contributed by atoms with Crippen molar-refractivity contribution in [1.82, 2.24) is 4.72 Å². The number of hydrogen-bond acceptors (Lipinski definition) is 3. The van der Waals surface area contributed by atoms with E-state index in [0.717, 1.165) is 16.8 Å². The molecule has 6 heteroatoms. The highest BCUT2D eigenvalue weighted by atomic mass is 32.2. The van der Waals surface area contributed by atoms with Crippen molar-refractivity contribution in [2.24, 2.45) is 0 Å². The van der Waals surface area contributed by atoms with Crippen LogP contribution in [0.15, 0.2) is 18.2 Å². The van der Waals surface area contributed by atoms with E-state index < -0.39 is 10.0 Å². The number of hydrogen-bond donors (Lipinski definition) is 1. The monoisotopic (exact) mass is 298 g/mol. The minimum atomic E-state index is -3.23. The summed E-state index contributed by atoms with van der Waals surface area (Å²) in [6, 6.07) is 5.76. The molecule has 0 spiro atoms. The van der Waals surface area contributed by atoms with Gasteiger partial charge in [-0.15, -0.1) is 0 Å². The van der Waals surface area contributed by atoms with E-state index in [1.807, 2.05) is 32.0 Å². The van der Waals surface area contributed by atoms with Crippen LogP contribution < -0.4 is 9.62 Å². The molecule has 0 aliphatic rings. The maximum absolute atomic E-state index is 11.7. The van der Waals surface area contributed by atoms with E-state index in [0.29, 0.717) is 6.54 Å².